The monoisotopic (exact) mass is 344 g/mol. The van der Waals surface area contributed by atoms with E-state index in [0.717, 1.165) is 29.3 Å². The molecule has 1 aliphatic rings. The van der Waals surface area contributed by atoms with Crippen LogP contribution in [-0.2, 0) is 11.8 Å². The highest BCUT2D eigenvalue weighted by Crippen LogP contribution is 2.29. The molecule has 0 radical (unpaired) electrons. The summed E-state index contributed by atoms with van der Waals surface area (Å²) in [6, 6.07) is 6.26. The van der Waals surface area contributed by atoms with Crippen LogP contribution < -0.4 is 5.32 Å². The Morgan fingerprint density at radius 1 is 1.42 bits per heavy atom. The van der Waals surface area contributed by atoms with Gasteiger partial charge >= 0.3 is 0 Å². The third kappa shape index (κ3) is 3.82. The average Bonchev–Trinajstić information content (AvgIpc) is 2.99. The second-order valence-electron chi connectivity index (χ2n) is 6.30. The van der Waals surface area contributed by atoms with Crippen molar-refractivity contribution in [1.82, 2.24) is 14.7 Å². The van der Waals surface area contributed by atoms with E-state index in [1.807, 2.05) is 54.9 Å². The second-order valence-corrected chi connectivity index (χ2v) is 7.45. The molecule has 1 amide bonds. The van der Waals surface area contributed by atoms with Crippen LogP contribution >= 0.6 is 11.8 Å². The van der Waals surface area contributed by atoms with Crippen molar-refractivity contribution < 1.29 is 4.79 Å². The van der Waals surface area contributed by atoms with Crippen molar-refractivity contribution in [3.8, 4) is 0 Å². The fraction of sp³-hybridized carbons (Fsp3) is 0.444. The van der Waals surface area contributed by atoms with Gasteiger partial charge in [0.05, 0.1) is 12.7 Å². The quantitative estimate of drug-likeness (QED) is 0.927. The Labute approximate surface area is 147 Å². The van der Waals surface area contributed by atoms with Crippen LogP contribution in [-0.4, -0.2) is 45.2 Å². The van der Waals surface area contributed by atoms with Gasteiger partial charge in [0.1, 0.15) is 0 Å². The maximum Gasteiger partial charge on any atom is 0.238 e. The molecule has 1 aromatic carbocycles. The van der Waals surface area contributed by atoms with Crippen molar-refractivity contribution in [1.29, 1.82) is 0 Å². The van der Waals surface area contributed by atoms with Crippen molar-refractivity contribution in [2.24, 2.45) is 7.05 Å². The molecule has 0 aliphatic carbocycles. The number of aryl methyl sites for hydroxylation is 2. The molecule has 1 aliphatic heterocycles. The lowest BCUT2D eigenvalue weighted by molar-refractivity contribution is -0.117. The standard InChI is InChI=1S/C18H24N4OS/c1-13-5-4-6-16(14(13)2)20-18(23)11-22-7-8-24-12-17(22)15-9-19-21(3)10-15/h4-6,9-10,17H,7-8,11-12H2,1-3H3,(H,20,23)/t17-/m1/s1. The molecular formula is C18H24N4OS. The number of nitrogens with one attached hydrogen (secondary N) is 1. The van der Waals surface area contributed by atoms with Crippen molar-refractivity contribution in [2.75, 3.05) is 29.9 Å². The van der Waals surface area contributed by atoms with E-state index in [9.17, 15) is 4.79 Å². The summed E-state index contributed by atoms with van der Waals surface area (Å²) in [6.07, 6.45) is 3.96. The Hall–Kier alpha value is -1.79. The largest absolute Gasteiger partial charge is 0.325 e. The number of benzene rings is 1. The molecule has 2 heterocycles. The molecule has 0 bridgehead atoms. The number of hydrogen-bond acceptors (Lipinski definition) is 4. The predicted molar refractivity (Wildman–Crippen MR) is 99.4 cm³/mol. The zero-order valence-corrected chi connectivity index (χ0v) is 15.3. The molecule has 0 saturated carbocycles. The normalized spacial score (nSPS) is 18.5. The molecule has 5 nitrogen and oxygen atoms in total. The summed E-state index contributed by atoms with van der Waals surface area (Å²) in [5.74, 6) is 2.11. The Morgan fingerprint density at radius 2 is 2.25 bits per heavy atom. The Bertz CT molecular complexity index is 728. The van der Waals surface area contributed by atoms with Gasteiger partial charge in [-0.25, -0.2) is 0 Å². The minimum Gasteiger partial charge on any atom is -0.325 e. The summed E-state index contributed by atoms with van der Waals surface area (Å²) in [5, 5.41) is 7.34. The summed E-state index contributed by atoms with van der Waals surface area (Å²) in [5.41, 5.74) is 4.41. The van der Waals surface area contributed by atoms with Gasteiger partial charge in [-0.05, 0) is 31.0 Å². The number of nitrogens with zero attached hydrogens (tertiary/aromatic N) is 3. The minimum absolute atomic E-state index is 0.0458. The van der Waals surface area contributed by atoms with Gasteiger partial charge in [-0.1, -0.05) is 12.1 Å². The van der Waals surface area contributed by atoms with Crippen LogP contribution in [0.2, 0.25) is 0 Å². The maximum atomic E-state index is 12.5. The number of carbonyl (C=O) groups excluding carboxylic acids is 1. The fourth-order valence-corrected chi connectivity index (χ4v) is 4.16. The van der Waals surface area contributed by atoms with Crippen molar-refractivity contribution in [3.05, 3.63) is 47.3 Å². The summed E-state index contributed by atoms with van der Waals surface area (Å²) in [4.78, 5) is 14.8. The van der Waals surface area contributed by atoms with Gasteiger partial charge in [-0.3, -0.25) is 14.4 Å². The van der Waals surface area contributed by atoms with Crippen molar-refractivity contribution in [2.45, 2.75) is 19.9 Å². The van der Waals surface area contributed by atoms with Gasteiger partial charge in [-0.15, -0.1) is 0 Å². The van der Waals surface area contributed by atoms with Crippen LogP contribution in [0.5, 0.6) is 0 Å². The van der Waals surface area contributed by atoms with Crippen LogP contribution in [0.15, 0.2) is 30.6 Å². The first-order chi connectivity index (χ1) is 11.5. The second kappa shape index (κ2) is 7.40. The number of hydrogen-bond donors (Lipinski definition) is 1. The first-order valence-corrected chi connectivity index (χ1v) is 9.36. The molecule has 1 N–H and O–H groups in total. The Balaban J connectivity index is 1.68. The molecule has 2 aromatic rings. The molecule has 3 rings (SSSR count). The van der Waals surface area contributed by atoms with Gasteiger partial charge in [0.15, 0.2) is 0 Å². The number of rotatable bonds is 4. The first kappa shape index (κ1) is 17.0. The van der Waals surface area contributed by atoms with E-state index < -0.39 is 0 Å². The molecule has 1 atom stereocenters. The Morgan fingerprint density at radius 3 is 3.00 bits per heavy atom. The highest BCUT2D eigenvalue weighted by molar-refractivity contribution is 7.99. The van der Waals surface area contributed by atoms with Crippen molar-refractivity contribution >= 4 is 23.4 Å². The predicted octanol–water partition coefficient (Wildman–Crippen LogP) is 2.77. The van der Waals surface area contributed by atoms with Crippen LogP contribution in [0, 0.1) is 13.8 Å². The van der Waals surface area contributed by atoms with Gasteiger partial charge in [0.25, 0.3) is 0 Å². The van der Waals surface area contributed by atoms with Crippen LogP contribution in [0.4, 0.5) is 5.69 Å². The smallest absolute Gasteiger partial charge is 0.238 e. The van der Waals surface area contributed by atoms with Gasteiger partial charge in [0.2, 0.25) is 5.91 Å². The lowest BCUT2D eigenvalue weighted by atomic mass is 10.1. The number of amides is 1. The third-order valence-corrected chi connectivity index (χ3v) is 5.60. The number of thioether (sulfide) groups is 1. The van der Waals surface area contributed by atoms with Crippen LogP contribution in [0.1, 0.15) is 22.7 Å². The molecule has 1 saturated heterocycles. The molecule has 1 aromatic heterocycles. The minimum atomic E-state index is 0.0458. The number of carbonyl (C=O) groups is 1. The van der Waals surface area contributed by atoms with E-state index in [4.69, 9.17) is 0 Å². The van der Waals surface area contributed by atoms with E-state index in [0.29, 0.717) is 6.54 Å². The average molecular weight is 344 g/mol. The number of aromatic nitrogens is 2. The fourth-order valence-electron chi connectivity index (χ4n) is 3.01. The summed E-state index contributed by atoms with van der Waals surface area (Å²) >= 11 is 1.94. The molecule has 0 unspecified atom stereocenters. The summed E-state index contributed by atoms with van der Waals surface area (Å²) in [6.45, 7) is 5.43. The SMILES string of the molecule is Cc1cccc(NC(=O)CN2CCSC[C@@H]2c2cnn(C)c2)c1C. The Kier molecular flexibility index (Phi) is 5.26. The van der Waals surface area contributed by atoms with E-state index in [1.54, 1.807) is 0 Å². The van der Waals surface area contributed by atoms with Gasteiger partial charge in [-0.2, -0.15) is 16.9 Å². The summed E-state index contributed by atoms with van der Waals surface area (Å²) in [7, 11) is 1.93. The van der Waals surface area contributed by atoms with Crippen molar-refractivity contribution in [3.63, 3.8) is 0 Å². The van der Waals surface area contributed by atoms with E-state index in [-0.39, 0.29) is 11.9 Å². The zero-order chi connectivity index (χ0) is 17.1. The molecule has 1 fully saturated rings. The van der Waals surface area contributed by atoms with E-state index in [2.05, 4.69) is 28.3 Å². The third-order valence-electron chi connectivity index (χ3n) is 4.57. The van der Waals surface area contributed by atoms with E-state index >= 15 is 0 Å². The summed E-state index contributed by atoms with van der Waals surface area (Å²) < 4.78 is 1.82. The lowest BCUT2D eigenvalue weighted by Gasteiger charge is -2.34. The molecular weight excluding hydrogens is 320 g/mol. The lowest BCUT2D eigenvalue weighted by Crippen LogP contribution is -2.41. The van der Waals surface area contributed by atoms with Gasteiger partial charge in [0, 0.05) is 48.6 Å². The first-order valence-electron chi connectivity index (χ1n) is 8.21. The number of anilines is 1. The topological polar surface area (TPSA) is 50.2 Å². The van der Waals surface area contributed by atoms with Crippen LogP contribution in [0.25, 0.3) is 0 Å². The molecule has 0 spiro atoms. The maximum absolute atomic E-state index is 12.5. The zero-order valence-electron chi connectivity index (χ0n) is 14.5. The highest BCUT2D eigenvalue weighted by atomic mass is 32.2. The molecule has 128 valence electrons. The highest BCUT2D eigenvalue weighted by Gasteiger charge is 2.27. The molecule has 24 heavy (non-hydrogen) atoms. The molecule has 6 heteroatoms. The van der Waals surface area contributed by atoms with E-state index in [1.165, 1.54) is 11.1 Å². The van der Waals surface area contributed by atoms with Gasteiger partial charge < -0.3 is 5.32 Å². The van der Waals surface area contributed by atoms with Crippen LogP contribution in [0.3, 0.4) is 0 Å².